The van der Waals surface area contributed by atoms with Crippen molar-refractivity contribution < 1.29 is 5.11 Å². The van der Waals surface area contributed by atoms with Crippen LogP contribution in [-0.2, 0) is 5.11 Å². The molecule has 0 aliphatic heterocycles. The molecule has 0 N–H and O–H groups in total. The van der Waals surface area contributed by atoms with Crippen LogP contribution in [0, 0.1) is 5.92 Å². The van der Waals surface area contributed by atoms with Gasteiger partial charge in [-0.2, -0.15) is 0 Å². The monoisotopic (exact) mass is 99.1 g/mol. The molecular formula is C6H11O. The summed E-state index contributed by atoms with van der Waals surface area (Å²) in [4.78, 5) is 0. The first kappa shape index (κ1) is 6.54. The molecule has 0 bridgehead atoms. The predicted molar refractivity (Wildman–Crippen MR) is 29.3 cm³/mol. The first-order valence-corrected chi connectivity index (χ1v) is 2.60. The van der Waals surface area contributed by atoms with Gasteiger partial charge >= 0.3 is 0 Å². The van der Waals surface area contributed by atoms with Crippen molar-refractivity contribution in [2.24, 2.45) is 5.92 Å². The van der Waals surface area contributed by atoms with Crippen LogP contribution in [0.1, 0.15) is 20.3 Å². The Bertz CT molecular complexity index is 57.2. The van der Waals surface area contributed by atoms with E-state index in [-0.39, 0.29) is 0 Å². The van der Waals surface area contributed by atoms with Gasteiger partial charge in [-0.15, -0.1) is 0 Å². The molecule has 0 aromatic heterocycles. The van der Waals surface area contributed by atoms with Gasteiger partial charge in [-0.3, -0.25) is 5.11 Å². The molecule has 0 unspecified atom stereocenters. The zero-order chi connectivity index (χ0) is 5.70. The summed E-state index contributed by atoms with van der Waals surface area (Å²) < 4.78 is 0. The Kier molecular flexibility index (Phi) is 3.48. The van der Waals surface area contributed by atoms with Gasteiger partial charge < -0.3 is 0 Å². The number of hydrogen-bond donors (Lipinski definition) is 0. The fourth-order valence-electron chi connectivity index (χ4n) is 0.270. The third kappa shape index (κ3) is 3.37. The van der Waals surface area contributed by atoms with Crippen molar-refractivity contribution in [3.05, 3.63) is 12.3 Å². The first-order valence-electron chi connectivity index (χ1n) is 2.60. The lowest BCUT2D eigenvalue weighted by Crippen LogP contribution is -1.82. The second-order valence-corrected chi connectivity index (χ2v) is 1.71. The molecule has 1 heteroatoms. The standard InChI is InChI=1S/C6H11O/c1-3-6(2)4-5-7/h4-6H,3H2,1-2H3/t6-/m0/s1. The van der Waals surface area contributed by atoms with Crippen molar-refractivity contribution in [1.82, 2.24) is 0 Å². The van der Waals surface area contributed by atoms with E-state index in [9.17, 15) is 5.11 Å². The summed E-state index contributed by atoms with van der Waals surface area (Å²) in [5.74, 6) is 0.456. The van der Waals surface area contributed by atoms with E-state index in [4.69, 9.17) is 0 Å². The maximum atomic E-state index is 9.72. The van der Waals surface area contributed by atoms with Crippen LogP contribution in [0.15, 0.2) is 12.3 Å². The van der Waals surface area contributed by atoms with Gasteiger partial charge in [0.15, 0.2) is 0 Å². The van der Waals surface area contributed by atoms with Gasteiger partial charge in [-0.1, -0.05) is 13.8 Å². The van der Waals surface area contributed by atoms with Gasteiger partial charge in [0.05, 0.1) is 0 Å². The first-order chi connectivity index (χ1) is 3.31. The zero-order valence-electron chi connectivity index (χ0n) is 4.85. The van der Waals surface area contributed by atoms with Crippen molar-refractivity contribution in [2.45, 2.75) is 20.3 Å². The summed E-state index contributed by atoms with van der Waals surface area (Å²) in [5.41, 5.74) is 0. The molecule has 0 fully saturated rings. The van der Waals surface area contributed by atoms with Crippen LogP contribution in [0.4, 0.5) is 0 Å². The SMILES string of the molecule is CC[C@H](C)C=C[O]. The molecule has 0 aromatic carbocycles. The van der Waals surface area contributed by atoms with Crippen LogP contribution in [0.3, 0.4) is 0 Å². The van der Waals surface area contributed by atoms with Gasteiger partial charge in [0, 0.05) is 0 Å². The van der Waals surface area contributed by atoms with Crippen LogP contribution in [0.25, 0.3) is 0 Å². The summed E-state index contributed by atoms with van der Waals surface area (Å²) in [6.07, 6.45) is 3.58. The highest BCUT2D eigenvalue weighted by Gasteiger charge is 1.87. The van der Waals surface area contributed by atoms with Crippen molar-refractivity contribution in [2.75, 3.05) is 0 Å². The molecule has 0 heterocycles. The molecular weight excluding hydrogens is 88.1 g/mol. The Morgan fingerprint density at radius 3 is 2.43 bits per heavy atom. The lowest BCUT2D eigenvalue weighted by Gasteiger charge is -1.94. The van der Waals surface area contributed by atoms with Gasteiger partial charge in [0.25, 0.3) is 0 Å². The quantitative estimate of drug-likeness (QED) is 0.472. The van der Waals surface area contributed by atoms with E-state index in [2.05, 4.69) is 6.92 Å². The molecule has 1 atom stereocenters. The highest BCUT2D eigenvalue weighted by molar-refractivity contribution is 4.76. The molecule has 0 aliphatic rings. The largest absolute Gasteiger partial charge is 0.299 e. The fraction of sp³-hybridized carbons (Fsp3) is 0.667. The minimum Gasteiger partial charge on any atom is -0.299 e. The summed E-state index contributed by atoms with van der Waals surface area (Å²) in [7, 11) is 0. The van der Waals surface area contributed by atoms with E-state index in [1.165, 1.54) is 0 Å². The molecule has 7 heavy (non-hydrogen) atoms. The smallest absolute Gasteiger partial charge is 0.139 e. The molecule has 1 nitrogen and oxygen atoms in total. The maximum Gasteiger partial charge on any atom is 0.139 e. The topological polar surface area (TPSA) is 19.9 Å². The Morgan fingerprint density at radius 1 is 1.71 bits per heavy atom. The van der Waals surface area contributed by atoms with Crippen molar-refractivity contribution in [3.63, 3.8) is 0 Å². The fourth-order valence-corrected chi connectivity index (χ4v) is 0.270. The molecule has 0 rings (SSSR count). The molecule has 0 saturated carbocycles. The van der Waals surface area contributed by atoms with Crippen LogP contribution in [0.2, 0.25) is 0 Å². The minimum atomic E-state index is 0.456. The van der Waals surface area contributed by atoms with E-state index in [1.54, 1.807) is 6.08 Å². The highest BCUT2D eigenvalue weighted by atomic mass is 16.2. The minimum absolute atomic E-state index is 0.456. The molecule has 0 spiro atoms. The Hall–Kier alpha value is -0.460. The van der Waals surface area contributed by atoms with Crippen molar-refractivity contribution >= 4 is 0 Å². The summed E-state index contributed by atoms with van der Waals surface area (Å²) in [6.45, 7) is 4.08. The Morgan fingerprint density at radius 2 is 2.29 bits per heavy atom. The average Bonchev–Trinajstić information content (AvgIpc) is 1.68. The molecule has 0 saturated heterocycles. The zero-order valence-corrected chi connectivity index (χ0v) is 4.85. The molecule has 1 radical (unpaired) electrons. The van der Waals surface area contributed by atoms with Crippen molar-refractivity contribution in [3.8, 4) is 0 Å². The van der Waals surface area contributed by atoms with E-state index in [0.717, 1.165) is 12.7 Å². The number of hydrogen-bond acceptors (Lipinski definition) is 0. The molecule has 0 aliphatic carbocycles. The summed E-state index contributed by atoms with van der Waals surface area (Å²) in [6, 6.07) is 0. The highest BCUT2D eigenvalue weighted by Crippen LogP contribution is 1.99. The van der Waals surface area contributed by atoms with Crippen molar-refractivity contribution in [1.29, 1.82) is 0 Å². The molecule has 41 valence electrons. The third-order valence-corrected chi connectivity index (χ3v) is 1.05. The summed E-state index contributed by atoms with van der Waals surface area (Å²) in [5, 5.41) is 9.72. The van der Waals surface area contributed by atoms with E-state index in [1.807, 2.05) is 6.92 Å². The summed E-state index contributed by atoms with van der Waals surface area (Å²) >= 11 is 0. The second kappa shape index (κ2) is 3.72. The third-order valence-electron chi connectivity index (χ3n) is 1.05. The Labute approximate surface area is 44.7 Å². The lowest BCUT2D eigenvalue weighted by molar-refractivity contribution is 0.346. The van der Waals surface area contributed by atoms with Gasteiger partial charge in [0.1, 0.15) is 6.26 Å². The van der Waals surface area contributed by atoms with Gasteiger partial charge in [-0.05, 0) is 18.4 Å². The maximum absolute atomic E-state index is 9.72. The molecule has 0 aromatic rings. The van der Waals surface area contributed by atoms with E-state index < -0.39 is 0 Å². The van der Waals surface area contributed by atoms with Crippen LogP contribution < -0.4 is 0 Å². The van der Waals surface area contributed by atoms with Gasteiger partial charge in [-0.25, -0.2) is 0 Å². The van der Waals surface area contributed by atoms with E-state index in [0.29, 0.717) is 5.92 Å². The lowest BCUT2D eigenvalue weighted by atomic mass is 10.1. The van der Waals surface area contributed by atoms with Crippen LogP contribution in [0.5, 0.6) is 0 Å². The van der Waals surface area contributed by atoms with Crippen LogP contribution >= 0.6 is 0 Å². The number of allylic oxidation sites excluding steroid dienone is 1. The number of rotatable bonds is 2. The van der Waals surface area contributed by atoms with Crippen LogP contribution in [-0.4, -0.2) is 0 Å². The van der Waals surface area contributed by atoms with E-state index >= 15 is 0 Å². The molecule has 0 amide bonds. The average molecular weight is 99.2 g/mol. The normalized spacial score (nSPS) is 15.1. The van der Waals surface area contributed by atoms with Gasteiger partial charge in [0.2, 0.25) is 0 Å². The predicted octanol–water partition coefficient (Wildman–Crippen LogP) is 1.98. The Balaban J connectivity index is 3.16. The second-order valence-electron chi connectivity index (χ2n) is 1.71.